The van der Waals surface area contributed by atoms with Crippen molar-refractivity contribution in [3.05, 3.63) is 41.4 Å². The van der Waals surface area contributed by atoms with Gasteiger partial charge in [-0.3, -0.25) is 0 Å². The molecule has 0 fully saturated rings. The highest BCUT2D eigenvalue weighted by Crippen LogP contribution is 2.25. The smallest absolute Gasteiger partial charge is 0.168 e. The molecule has 6 heteroatoms. The maximum absolute atomic E-state index is 6.00. The maximum atomic E-state index is 6.00. The van der Waals surface area contributed by atoms with Crippen LogP contribution in [0.3, 0.4) is 0 Å². The van der Waals surface area contributed by atoms with Crippen molar-refractivity contribution >= 4 is 34.4 Å². The number of hydrogen-bond donors (Lipinski definition) is 0. The highest BCUT2D eigenvalue weighted by atomic mass is 35.5. The second-order valence-electron chi connectivity index (χ2n) is 4.60. The van der Waals surface area contributed by atoms with E-state index in [9.17, 15) is 0 Å². The van der Waals surface area contributed by atoms with E-state index < -0.39 is 0 Å². The number of nitrogens with zero attached hydrogens (tertiary/aromatic N) is 4. The van der Waals surface area contributed by atoms with Crippen LogP contribution < -0.4 is 0 Å². The lowest BCUT2D eigenvalue weighted by atomic mass is 10.3. The molecule has 0 saturated carbocycles. The lowest BCUT2D eigenvalue weighted by Crippen LogP contribution is -2.02. The molecule has 20 heavy (non-hydrogen) atoms. The number of rotatable bonds is 4. The van der Waals surface area contributed by atoms with Crippen LogP contribution in [0.5, 0.6) is 0 Å². The molecule has 0 aliphatic carbocycles. The van der Waals surface area contributed by atoms with Crippen LogP contribution in [0.15, 0.2) is 35.7 Å². The van der Waals surface area contributed by atoms with Gasteiger partial charge in [0.05, 0.1) is 11.0 Å². The number of halogens is 1. The Morgan fingerprint density at radius 1 is 1.35 bits per heavy atom. The van der Waals surface area contributed by atoms with Crippen molar-refractivity contribution in [2.24, 2.45) is 7.05 Å². The van der Waals surface area contributed by atoms with Crippen LogP contribution in [0.1, 0.15) is 5.82 Å². The van der Waals surface area contributed by atoms with Crippen LogP contribution >= 0.6 is 23.4 Å². The third-order valence-corrected chi connectivity index (χ3v) is 4.53. The molecular formula is C14H15ClN4S. The predicted octanol–water partition coefficient (Wildman–Crippen LogP) is 3.52. The fourth-order valence-electron chi connectivity index (χ4n) is 2.16. The molecule has 0 unspecified atom stereocenters. The quantitative estimate of drug-likeness (QED) is 0.692. The summed E-state index contributed by atoms with van der Waals surface area (Å²) >= 11 is 7.75. The molecular weight excluding hydrogens is 292 g/mol. The van der Waals surface area contributed by atoms with Gasteiger partial charge < -0.3 is 9.13 Å². The van der Waals surface area contributed by atoms with E-state index in [0.29, 0.717) is 0 Å². The molecule has 3 aromatic rings. The Bertz CT molecular complexity index is 747. The second-order valence-corrected chi connectivity index (χ2v) is 6.10. The van der Waals surface area contributed by atoms with Crippen LogP contribution in [0.25, 0.3) is 11.0 Å². The fourth-order valence-corrected chi connectivity index (χ4v) is 3.25. The molecule has 0 atom stereocenters. The van der Waals surface area contributed by atoms with E-state index in [1.165, 1.54) is 0 Å². The lowest BCUT2D eigenvalue weighted by Gasteiger charge is -2.05. The number of fused-ring (bicyclic) bond motifs is 1. The minimum atomic E-state index is 0.723. The van der Waals surface area contributed by atoms with Gasteiger partial charge in [0.2, 0.25) is 0 Å². The van der Waals surface area contributed by atoms with Gasteiger partial charge in [-0.1, -0.05) is 23.4 Å². The summed E-state index contributed by atoms with van der Waals surface area (Å²) in [5.74, 6) is 2.00. The van der Waals surface area contributed by atoms with Crippen molar-refractivity contribution in [1.82, 2.24) is 19.1 Å². The highest BCUT2D eigenvalue weighted by molar-refractivity contribution is 7.99. The van der Waals surface area contributed by atoms with Crippen molar-refractivity contribution in [2.45, 2.75) is 18.6 Å². The Balaban J connectivity index is 1.74. The Labute approximate surface area is 126 Å². The van der Waals surface area contributed by atoms with Crippen molar-refractivity contribution < 1.29 is 0 Å². The number of hydrogen-bond acceptors (Lipinski definition) is 3. The molecule has 0 amide bonds. The minimum Gasteiger partial charge on any atom is -0.334 e. The van der Waals surface area contributed by atoms with Gasteiger partial charge in [-0.05, 0) is 25.1 Å². The summed E-state index contributed by atoms with van der Waals surface area (Å²) in [4.78, 5) is 8.85. The molecule has 3 rings (SSSR count). The van der Waals surface area contributed by atoms with E-state index in [1.807, 2.05) is 44.6 Å². The number of benzene rings is 1. The van der Waals surface area contributed by atoms with E-state index in [4.69, 9.17) is 11.6 Å². The van der Waals surface area contributed by atoms with E-state index >= 15 is 0 Å². The van der Waals surface area contributed by atoms with Gasteiger partial charge in [0.15, 0.2) is 5.16 Å². The molecule has 0 N–H and O–H groups in total. The molecule has 2 aromatic heterocycles. The summed E-state index contributed by atoms with van der Waals surface area (Å²) in [6.45, 7) is 2.95. The molecule has 104 valence electrons. The highest BCUT2D eigenvalue weighted by Gasteiger charge is 2.08. The van der Waals surface area contributed by atoms with Gasteiger partial charge >= 0.3 is 0 Å². The molecule has 0 aliphatic heterocycles. The zero-order chi connectivity index (χ0) is 14.1. The van der Waals surface area contributed by atoms with Crippen LogP contribution in [-0.4, -0.2) is 24.9 Å². The Hall–Kier alpha value is -1.46. The van der Waals surface area contributed by atoms with Gasteiger partial charge in [0.25, 0.3) is 0 Å². The first kappa shape index (κ1) is 13.5. The normalized spacial score (nSPS) is 11.3. The zero-order valence-corrected chi connectivity index (χ0v) is 12.9. The summed E-state index contributed by atoms with van der Waals surface area (Å²) < 4.78 is 4.25. The predicted molar refractivity (Wildman–Crippen MR) is 83.4 cm³/mol. The molecule has 0 radical (unpaired) electrons. The summed E-state index contributed by atoms with van der Waals surface area (Å²) in [5.41, 5.74) is 2.05. The lowest BCUT2D eigenvalue weighted by molar-refractivity contribution is 0.734. The third kappa shape index (κ3) is 2.55. The van der Waals surface area contributed by atoms with Crippen molar-refractivity contribution in [2.75, 3.05) is 5.75 Å². The number of aryl methyl sites for hydroxylation is 3. The molecule has 1 aromatic carbocycles. The van der Waals surface area contributed by atoms with Crippen LogP contribution in [-0.2, 0) is 13.6 Å². The van der Waals surface area contributed by atoms with Crippen molar-refractivity contribution in [3.8, 4) is 0 Å². The van der Waals surface area contributed by atoms with Crippen molar-refractivity contribution in [1.29, 1.82) is 0 Å². The Kier molecular flexibility index (Phi) is 3.72. The van der Waals surface area contributed by atoms with Crippen LogP contribution in [0.2, 0.25) is 5.02 Å². The van der Waals surface area contributed by atoms with Gasteiger partial charge in [0.1, 0.15) is 5.82 Å². The summed E-state index contributed by atoms with van der Waals surface area (Å²) in [6.07, 6.45) is 3.83. The standard InChI is InChI=1S/C14H15ClN4S/c1-10-16-5-6-19(10)7-8-20-14-17-12-9-11(15)3-4-13(12)18(14)2/h3-6,9H,7-8H2,1-2H3. The van der Waals surface area contributed by atoms with E-state index in [-0.39, 0.29) is 0 Å². The third-order valence-electron chi connectivity index (χ3n) is 3.29. The summed E-state index contributed by atoms with van der Waals surface area (Å²) in [5, 5.41) is 1.74. The molecule has 0 spiro atoms. The van der Waals surface area contributed by atoms with Gasteiger partial charge in [-0.15, -0.1) is 0 Å². The van der Waals surface area contributed by atoms with E-state index in [2.05, 4.69) is 19.1 Å². The number of thioether (sulfide) groups is 1. The zero-order valence-electron chi connectivity index (χ0n) is 11.4. The second kappa shape index (κ2) is 5.50. The van der Waals surface area contributed by atoms with Crippen molar-refractivity contribution in [3.63, 3.8) is 0 Å². The first-order valence-corrected chi connectivity index (χ1v) is 7.74. The first-order valence-electron chi connectivity index (χ1n) is 6.37. The van der Waals surface area contributed by atoms with Gasteiger partial charge in [0, 0.05) is 36.8 Å². The molecule has 0 saturated heterocycles. The molecule has 2 heterocycles. The van der Waals surface area contributed by atoms with E-state index in [0.717, 1.165) is 39.3 Å². The summed E-state index contributed by atoms with van der Waals surface area (Å²) in [6, 6.07) is 5.81. The topological polar surface area (TPSA) is 35.6 Å². The number of imidazole rings is 2. The summed E-state index contributed by atoms with van der Waals surface area (Å²) in [7, 11) is 2.04. The first-order chi connectivity index (χ1) is 9.65. The number of aromatic nitrogens is 4. The SMILES string of the molecule is Cc1nccn1CCSc1nc2cc(Cl)ccc2n1C. The van der Waals surface area contributed by atoms with Crippen LogP contribution in [0, 0.1) is 6.92 Å². The van der Waals surface area contributed by atoms with Gasteiger partial charge in [-0.25, -0.2) is 9.97 Å². The molecule has 0 bridgehead atoms. The largest absolute Gasteiger partial charge is 0.334 e. The Morgan fingerprint density at radius 3 is 2.95 bits per heavy atom. The molecule has 0 aliphatic rings. The van der Waals surface area contributed by atoms with Crippen LogP contribution in [0.4, 0.5) is 0 Å². The molecule has 4 nitrogen and oxygen atoms in total. The fraction of sp³-hybridized carbons (Fsp3) is 0.286. The Morgan fingerprint density at radius 2 is 2.20 bits per heavy atom. The monoisotopic (exact) mass is 306 g/mol. The maximum Gasteiger partial charge on any atom is 0.168 e. The average molecular weight is 307 g/mol. The minimum absolute atomic E-state index is 0.723. The average Bonchev–Trinajstić information content (AvgIpc) is 2.95. The van der Waals surface area contributed by atoms with E-state index in [1.54, 1.807) is 11.8 Å². The van der Waals surface area contributed by atoms with Gasteiger partial charge in [-0.2, -0.15) is 0 Å².